The third-order valence-corrected chi connectivity index (χ3v) is 3.50. The van der Waals surface area contributed by atoms with Crippen molar-refractivity contribution in [3.63, 3.8) is 0 Å². The summed E-state index contributed by atoms with van der Waals surface area (Å²) in [4.78, 5) is 11.0. The summed E-state index contributed by atoms with van der Waals surface area (Å²) < 4.78 is 10.6. The van der Waals surface area contributed by atoms with E-state index in [1.807, 2.05) is 12.1 Å². The molecule has 0 unspecified atom stereocenters. The first-order chi connectivity index (χ1) is 10.6. The molecule has 6 heteroatoms. The number of aromatic carboxylic acids is 1. The van der Waals surface area contributed by atoms with Gasteiger partial charge in [-0.15, -0.1) is 0 Å². The molecule has 0 saturated carbocycles. The Balaban J connectivity index is 2.23. The van der Waals surface area contributed by atoms with E-state index in [0.717, 1.165) is 5.56 Å². The molecule has 0 radical (unpaired) electrons. The van der Waals surface area contributed by atoms with Crippen molar-refractivity contribution in [1.29, 1.82) is 0 Å². The van der Waals surface area contributed by atoms with Crippen molar-refractivity contribution in [2.24, 2.45) is 0 Å². The van der Waals surface area contributed by atoms with Gasteiger partial charge in [-0.2, -0.15) is 0 Å². The van der Waals surface area contributed by atoms with Crippen LogP contribution in [0.2, 0.25) is 5.02 Å². The minimum Gasteiger partial charge on any atom is -0.493 e. The van der Waals surface area contributed by atoms with Gasteiger partial charge in [-0.3, -0.25) is 0 Å². The second-order valence-electron chi connectivity index (χ2n) is 4.51. The number of para-hydroxylation sites is 1. The largest absolute Gasteiger partial charge is 0.493 e. The van der Waals surface area contributed by atoms with Gasteiger partial charge in [0.05, 0.1) is 30.5 Å². The number of carbonyl (C=O) groups is 1. The molecule has 2 rings (SSSR count). The van der Waals surface area contributed by atoms with Crippen LogP contribution in [0.25, 0.3) is 0 Å². The molecule has 0 atom stereocenters. The summed E-state index contributed by atoms with van der Waals surface area (Å²) in [6.45, 7) is 0.420. The number of ether oxygens (including phenoxy) is 2. The monoisotopic (exact) mass is 321 g/mol. The Hall–Kier alpha value is -2.40. The van der Waals surface area contributed by atoms with Crippen LogP contribution < -0.4 is 14.8 Å². The third-order valence-electron chi connectivity index (χ3n) is 3.17. The number of carboxylic acids is 1. The Bertz CT molecular complexity index is 688. The Kier molecular flexibility index (Phi) is 5.12. The number of benzene rings is 2. The van der Waals surface area contributed by atoms with E-state index in [2.05, 4.69) is 5.32 Å². The van der Waals surface area contributed by atoms with Gasteiger partial charge in [-0.1, -0.05) is 23.7 Å². The molecule has 0 aliphatic heterocycles. The molecular weight excluding hydrogens is 306 g/mol. The number of nitrogens with one attached hydrogen (secondary N) is 1. The Morgan fingerprint density at radius 3 is 2.64 bits per heavy atom. The van der Waals surface area contributed by atoms with Crippen molar-refractivity contribution in [3.8, 4) is 11.5 Å². The van der Waals surface area contributed by atoms with Gasteiger partial charge >= 0.3 is 5.97 Å². The summed E-state index contributed by atoms with van der Waals surface area (Å²) in [5.41, 5.74) is 1.59. The van der Waals surface area contributed by atoms with Crippen molar-refractivity contribution in [3.05, 3.63) is 52.5 Å². The van der Waals surface area contributed by atoms with E-state index >= 15 is 0 Å². The molecule has 0 aromatic heterocycles. The van der Waals surface area contributed by atoms with Crippen LogP contribution in [0.3, 0.4) is 0 Å². The third kappa shape index (κ3) is 3.43. The molecule has 0 saturated heterocycles. The van der Waals surface area contributed by atoms with Crippen LogP contribution in [0.15, 0.2) is 36.4 Å². The van der Waals surface area contributed by atoms with Gasteiger partial charge in [0.25, 0.3) is 0 Å². The number of carboxylic acid groups (broad SMARTS) is 1. The topological polar surface area (TPSA) is 67.8 Å². The lowest BCUT2D eigenvalue weighted by atomic mass is 10.1. The van der Waals surface area contributed by atoms with Crippen LogP contribution in [-0.4, -0.2) is 25.3 Å². The van der Waals surface area contributed by atoms with Gasteiger partial charge < -0.3 is 19.9 Å². The highest BCUT2D eigenvalue weighted by Gasteiger charge is 2.11. The average molecular weight is 322 g/mol. The lowest BCUT2D eigenvalue weighted by Crippen LogP contribution is -2.05. The number of methoxy groups -OCH3 is 2. The van der Waals surface area contributed by atoms with E-state index in [9.17, 15) is 4.79 Å². The summed E-state index contributed by atoms with van der Waals surface area (Å²) in [7, 11) is 3.14. The Morgan fingerprint density at radius 2 is 2.00 bits per heavy atom. The molecule has 2 aromatic carbocycles. The van der Waals surface area contributed by atoms with Crippen LogP contribution in [0.4, 0.5) is 5.69 Å². The van der Waals surface area contributed by atoms with Crippen LogP contribution in [0.5, 0.6) is 11.5 Å². The van der Waals surface area contributed by atoms with Crippen LogP contribution in [-0.2, 0) is 6.54 Å². The number of anilines is 1. The molecule has 0 heterocycles. The van der Waals surface area contributed by atoms with Crippen molar-refractivity contribution < 1.29 is 19.4 Å². The molecule has 116 valence electrons. The molecule has 2 N–H and O–H groups in total. The minimum atomic E-state index is -1.00. The van der Waals surface area contributed by atoms with Crippen molar-refractivity contribution in [2.45, 2.75) is 6.54 Å². The van der Waals surface area contributed by atoms with Crippen LogP contribution in [0.1, 0.15) is 15.9 Å². The fraction of sp³-hybridized carbons (Fsp3) is 0.188. The van der Waals surface area contributed by atoms with Crippen LogP contribution in [0, 0.1) is 0 Å². The summed E-state index contributed by atoms with van der Waals surface area (Å²) in [6, 6.07) is 10.1. The molecule has 0 fully saturated rings. The maximum absolute atomic E-state index is 11.0. The van der Waals surface area contributed by atoms with E-state index in [4.69, 9.17) is 26.2 Å². The van der Waals surface area contributed by atoms with Crippen molar-refractivity contribution in [2.75, 3.05) is 19.5 Å². The summed E-state index contributed by atoms with van der Waals surface area (Å²) >= 11 is 6.09. The van der Waals surface area contributed by atoms with E-state index in [1.54, 1.807) is 26.4 Å². The number of hydrogen-bond donors (Lipinski definition) is 2. The molecule has 0 aliphatic rings. The first kappa shape index (κ1) is 16.0. The van der Waals surface area contributed by atoms with Gasteiger partial charge in [-0.25, -0.2) is 4.79 Å². The fourth-order valence-electron chi connectivity index (χ4n) is 2.08. The molecule has 22 heavy (non-hydrogen) atoms. The quantitative estimate of drug-likeness (QED) is 0.849. The predicted octanol–water partition coefficient (Wildman–Crippen LogP) is 3.67. The highest BCUT2D eigenvalue weighted by atomic mass is 35.5. The van der Waals surface area contributed by atoms with Gasteiger partial charge in [0.15, 0.2) is 11.5 Å². The minimum absolute atomic E-state index is 0.171. The van der Waals surface area contributed by atoms with E-state index in [-0.39, 0.29) is 5.56 Å². The number of rotatable bonds is 6. The van der Waals surface area contributed by atoms with Crippen molar-refractivity contribution >= 4 is 23.3 Å². The van der Waals surface area contributed by atoms with E-state index in [1.165, 1.54) is 12.1 Å². The SMILES string of the molecule is COc1cccc(CNc2cc(C(=O)O)ccc2Cl)c1OC. The van der Waals surface area contributed by atoms with Gasteiger partial charge in [0, 0.05) is 12.1 Å². The summed E-state index contributed by atoms with van der Waals surface area (Å²) in [6.07, 6.45) is 0. The molecule has 0 bridgehead atoms. The van der Waals surface area contributed by atoms with Crippen molar-refractivity contribution in [1.82, 2.24) is 0 Å². The molecule has 2 aromatic rings. The van der Waals surface area contributed by atoms with E-state index in [0.29, 0.717) is 28.8 Å². The lowest BCUT2D eigenvalue weighted by molar-refractivity contribution is 0.0697. The predicted molar refractivity (Wildman–Crippen MR) is 85.3 cm³/mol. The molecule has 0 amide bonds. The Morgan fingerprint density at radius 1 is 1.23 bits per heavy atom. The number of hydrogen-bond acceptors (Lipinski definition) is 4. The smallest absolute Gasteiger partial charge is 0.335 e. The lowest BCUT2D eigenvalue weighted by Gasteiger charge is -2.14. The Labute approximate surface area is 133 Å². The molecule has 0 spiro atoms. The maximum atomic E-state index is 11.0. The standard InChI is InChI=1S/C16H16ClNO4/c1-21-14-5-3-4-11(15(14)22-2)9-18-13-8-10(16(19)20)6-7-12(13)17/h3-8,18H,9H2,1-2H3,(H,19,20). The molecule has 0 aliphatic carbocycles. The van der Waals surface area contributed by atoms with E-state index < -0.39 is 5.97 Å². The van der Waals surface area contributed by atoms with Crippen LogP contribution >= 0.6 is 11.6 Å². The average Bonchev–Trinajstić information content (AvgIpc) is 2.53. The number of halogens is 1. The summed E-state index contributed by atoms with van der Waals surface area (Å²) in [5, 5.41) is 12.6. The second kappa shape index (κ2) is 7.04. The first-order valence-electron chi connectivity index (χ1n) is 6.53. The summed E-state index contributed by atoms with van der Waals surface area (Å²) in [5.74, 6) is 0.258. The first-order valence-corrected chi connectivity index (χ1v) is 6.91. The van der Waals surface area contributed by atoms with Gasteiger partial charge in [-0.05, 0) is 24.3 Å². The highest BCUT2D eigenvalue weighted by molar-refractivity contribution is 6.33. The highest BCUT2D eigenvalue weighted by Crippen LogP contribution is 2.32. The van der Waals surface area contributed by atoms with Gasteiger partial charge in [0.1, 0.15) is 0 Å². The second-order valence-corrected chi connectivity index (χ2v) is 4.91. The molecular formula is C16H16ClNO4. The van der Waals surface area contributed by atoms with Gasteiger partial charge in [0.2, 0.25) is 0 Å². The zero-order valence-corrected chi connectivity index (χ0v) is 13.0. The zero-order chi connectivity index (χ0) is 16.1. The maximum Gasteiger partial charge on any atom is 0.335 e. The molecule has 5 nitrogen and oxygen atoms in total. The zero-order valence-electron chi connectivity index (χ0n) is 12.2. The normalized spacial score (nSPS) is 10.1. The fourth-order valence-corrected chi connectivity index (χ4v) is 2.26.